The van der Waals surface area contributed by atoms with E-state index in [9.17, 15) is 9.18 Å². The van der Waals surface area contributed by atoms with E-state index < -0.39 is 0 Å². The number of ether oxygens (including phenoxy) is 1. The van der Waals surface area contributed by atoms with E-state index in [1.165, 1.54) is 12.1 Å². The third-order valence-corrected chi connectivity index (χ3v) is 5.00. The maximum atomic E-state index is 13.2. The number of nitrogens with one attached hydrogen (secondary N) is 1. The second kappa shape index (κ2) is 7.51. The average molecular weight is 334 g/mol. The molecule has 2 heterocycles. The zero-order valence-corrected chi connectivity index (χ0v) is 14.5. The summed E-state index contributed by atoms with van der Waals surface area (Å²) in [4.78, 5) is 14.7. The summed E-state index contributed by atoms with van der Waals surface area (Å²) in [5.41, 5.74) is 0.898. The molecule has 0 aromatic heterocycles. The number of hydrogen-bond acceptors (Lipinski definition) is 2. The van der Waals surface area contributed by atoms with Crippen molar-refractivity contribution in [2.75, 3.05) is 19.7 Å². The van der Waals surface area contributed by atoms with E-state index in [1.807, 2.05) is 4.90 Å². The Bertz CT molecular complexity index is 547. The lowest BCUT2D eigenvalue weighted by atomic mass is 9.92. The van der Waals surface area contributed by atoms with Gasteiger partial charge in [-0.1, -0.05) is 26.0 Å². The molecule has 2 aliphatic rings. The topological polar surface area (TPSA) is 41.6 Å². The molecule has 2 saturated heterocycles. The maximum Gasteiger partial charge on any atom is 0.317 e. The summed E-state index contributed by atoms with van der Waals surface area (Å²) in [7, 11) is 0. The number of carbonyl (C=O) groups is 1. The summed E-state index contributed by atoms with van der Waals surface area (Å²) in [6.07, 6.45) is 3.03. The molecule has 1 aromatic rings. The van der Waals surface area contributed by atoms with Crippen LogP contribution in [0.15, 0.2) is 24.3 Å². The first-order valence-electron chi connectivity index (χ1n) is 8.95. The highest BCUT2D eigenvalue weighted by molar-refractivity contribution is 5.75. The number of benzene rings is 1. The van der Waals surface area contributed by atoms with Gasteiger partial charge >= 0.3 is 6.03 Å². The fourth-order valence-electron chi connectivity index (χ4n) is 3.98. The maximum absolute atomic E-state index is 13.2. The molecular formula is C19H27FN2O2. The molecule has 4 nitrogen and oxygen atoms in total. The number of piperidine rings is 1. The third-order valence-electron chi connectivity index (χ3n) is 5.00. The summed E-state index contributed by atoms with van der Waals surface area (Å²) >= 11 is 0. The first kappa shape index (κ1) is 17.2. The zero-order chi connectivity index (χ0) is 17.1. The summed E-state index contributed by atoms with van der Waals surface area (Å²) in [5.74, 6) is 0.771. The van der Waals surface area contributed by atoms with Crippen molar-refractivity contribution in [3.63, 3.8) is 0 Å². The Labute approximate surface area is 143 Å². The van der Waals surface area contributed by atoms with Crippen molar-refractivity contribution >= 4 is 6.03 Å². The van der Waals surface area contributed by atoms with Crippen LogP contribution in [0.2, 0.25) is 0 Å². The summed E-state index contributed by atoms with van der Waals surface area (Å²) in [6, 6.07) is 6.09. The lowest BCUT2D eigenvalue weighted by molar-refractivity contribution is 0.0749. The number of carbonyl (C=O) groups excluding carboxylic acids is 1. The standard InChI is InChI=1S/C19H27FN2O2/c1-13-10-14(2)12-22(11-13)19(23)21-18(17-4-3-9-24-17)15-5-7-16(20)8-6-15/h5-8,13-14,17-18H,3-4,9-12H2,1-2H3,(H,21,23). The van der Waals surface area contributed by atoms with Crippen molar-refractivity contribution in [3.8, 4) is 0 Å². The van der Waals surface area contributed by atoms with Gasteiger partial charge in [-0.05, 0) is 48.8 Å². The molecular weight excluding hydrogens is 307 g/mol. The Morgan fingerprint density at radius 1 is 1.25 bits per heavy atom. The molecule has 2 fully saturated rings. The van der Waals surface area contributed by atoms with E-state index in [2.05, 4.69) is 19.2 Å². The van der Waals surface area contributed by atoms with E-state index in [-0.39, 0.29) is 24.0 Å². The molecule has 1 N–H and O–H groups in total. The van der Waals surface area contributed by atoms with Gasteiger partial charge in [0, 0.05) is 19.7 Å². The quantitative estimate of drug-likeness (QED) is 0.915. The molecule has 0 spiro atoms. The number of likely N-dealkylation sites (tertiary alicyclic amines) is 1. The van der Waals surface area contributed by atoms with Crippen molar-refractivity contribution in [1.82, 2.24) is 10.2 Å². The molecule has 5 heteroatoms. The molecule has 2 aliphatic heterocycles. The zero-order valence-electron chi connectivity index (χ0n) is 14.5. The minimum absolute atomic E-state index is 0.0425. The van der Waals surface area contributed by atoms with E-state index in [0.29, 0.717) is 11.8 Å². The summed E-state index contributed by atoms with van der Waals surface area (Å²) in [6.45, 7) is 6.67. The highest BCUT2D eigenvalue weighted by Crippen LogP contribution is 2.28. The van der Waals surface area contributed by atoms with Gasteiger partial charge in [0.2, 0.25) is 0 Å². The van der Waals surface area contributed by atoms with E-state index >= 15 is 0 Å². The van der Waals surface area contributed by atoms with Crippen LogP contribution in [-0.2, 0) is 4.74 Å². The van der Waals surface area contributed by atoms with Gasteiger partial charge in [0.1, 0.15) is 5.82 Å². The van der Waals surface area contributed by atoms with Gasteiger partial charge in [0.05, 0.1) is 12.1 Å². The van der Waals surface area contributed by atoms with Crippen LogP contribution in [0.3, 0.4) is 0 Å². The van der Waals surface area contributed by atoms with Gasteiger partial charge < -0.3 is 15.0 Å². The second-order valence-electron chi connectivity index (χ2n) is 7.38. The van der Waals surface area contributed by atoms with Gasteiger partial charge in [0.15, 0.2) is 0 Å². The molecule has 24 heavy (non-hydrogen) atoms. The van der Waals surface area contributed by atoms with Crippen molar-refractivity contribution in [2.24, 2.45) is 11.8 Å². The highest BCUT2D eigenvalue weighted by atomic mass is 19.1. The van der Waals surface area contributed by atoms with Crippen molar-refractivity contribution < 1.29 is 13.9 Å². The first-order valence-corrected chi connectivity index (χ1v) is 8.95. The van der Waals surface area contributed by atoms with E-state index in [1.54, 1.807) is 12.1 Å². The van der Waals surface area contributed by atoms with Crippen LogP contribution in [0.4, 0.5) is 9.18 Å². The molecule has 1 aromatic carbocycles. The van der Waals surface area contributed by atoms with Gasteiger partial charge in [-0.15, -0.1) is 0 Å². The van der Waals surface area contributed by atoms with Crippen LogP contribution in [0.25, 0.3) is 0 Å². The molecule has 0 saturated carbocycles. The minimum atomic E-state index is -0.269. The van der Waals surface area contributed by atoms with E-state index in [4.69, 9.17) is 4.74 Å². The number of rotatable bonds is 3. The Hall–Kier alpha value is -1.62. The fourth-order valence-corrected chi connectivity index (χ4v) is 3.98. The second-order valence-corrected chi connectivity index (χ2v) is 7.38. The third kappa shape index (κ3) is 4.07. The number of nitrogens with zero attached hydrogens (tertiary/aromatic N) is 1. The Kier molecular flexibility index (Phi) is 5.39. The van der Waals surface area contributed by atoms with Crippen LogP contribution in [-0.4, -0.2) is 36.7 Å². The predicted molar refractivity (Wildman–Crippen MR) is 91.2 cm³/mol. The molecule has 132 valence electrons. The van der Waals surface area contributed by atoms with Gasteiger partial charge in [0.25, 0.3) is 0 Å². The minimum Gasteiger partial charge on any atom is -0.376 e. The number of halogens is 1. The SMILES string of the molecule is CC1CC(C)CN(C(=O)NC(c2ccc(F)cc2)C2CCCO2)C1. The van der Waals surface area contributed by atoms with Crippen LogP contribution in [0.1, 0.15) is 44.7 Å². The summed E-state index contributed by atoms with van der Waals surface area (Å²) < 4.78 is 19.0. The average Bonchev–Trinajstić information content (AvgIpc) is 3.06. The molecule has 2 amide bonds. The predicted octanol–water partition coefficient (Wildman–Crippen LogP) is 3.73. The number of amides is 2. The highest BCUT2D eigenvalue weighted by Gasteiger charge is 2.32. The van der Waals surface area contributed by atoms with Crippen molar-refractivity contribution in [1.29, 1.82) is 0 Å². The summed E-state index contributed by atoms with van der Waals surface area (Å²) in [5, 5.41) is 3.15. The largest absolute Gasteiger partial charge is 0.376 e. The van der Waals surface area contributed by atoms with Gasteiger partial charge in [-0.3, -0.25) is 0 Å². The Morgan fingerprint density at radius 2 is 1.92 bits per heavy atom. The van der Waals surface area contributed by atoms with Crippen molar-refractivity contribution in [3.05, 3.63) is 35.6 Å². The lowest BCUT2D eigenvalue weighted by Gasteiger charge is -2.36. The first-order chi connectivity index (χ1) is 11.5. The van der Waals surface area contributed by atoms with Crippen LogP contribution in [0, 0.1) is 17.7 Å². The molecule has 4 unspecified atom stereocenters. The molecule has 4 atom stereocenters. The van der Waals surface area contributed by atoms with Crippen LogP contribution < -0.4 is 5.32 Å². The van der Waals surface area contributed by atoms with Crippen molar-refractivity contribution in [2.45, 2.75) is 45.3 Å². The molecule has 0 aliphatic carbocycles. The van der Waals surface area contributed by atoms with Crippen LogP contribution >= 0.6 is 0 Å². The molecule has 0 bridgehead atoms. The normalized spacial score (nSPS) is 28.6. The monoisotopic (exact) mass is 334 g/mol. The van der Waals surface area contributed by atoms with Crippen LogP contribution in [0.5, 0.6) is 0 Å². The Balaban J connectivity index is 1.73. The fraction of sp³-hybridized carbons (Fsp3) is 0.632. The van der Waals surface area contributed by atoms with Gasteiger partial charge in [-0.25, -0.2) is 9.18 Å². The molecule has 3 rings (SSSR count). The number of hydrogen-bond donors (Lipinski definition) is 1. The van der Waals surface area contributed by atoms with E-state index in [0.717, 1.165) is 44.5 Å². The lowest BCUT2D eigenvalue weighted by Crippen LogP contribution is -2.49. The number of urea groups is 1. The Morgan fingerprint density at radius 3 is 2.50 bits per heavy atom. The smallest absolute Gasteiger partial charge is 0.317 e. The molecule has 0 radical (unpaired) electrons. The van der Waals surface area contributed by atoms with Gasteiger partial charge in [-0.2, -0.15) is 0 Å².